The molecule has 2 aliphatic heterocycles. The molecule has 9 heteroatoms. The van der Waals surface area contributed by atoms with Gasteiger partial charge in [0, 0.05) is 31.7 Å². The molecule has 184 valence electrons. The van der Waals surface area contributed by atoms with Crippen LogP contribution >= 0.6 is 0 Å². The standard InChI is InChI=1S/C26H30N4O5/c1-17-7-8-18-5-3-4-6-21(18)15-29(17)24(32)16-30-23(31)14-19-9-10-22(28-25(33)27-2)13-20(19)11-12-35-26(30)34/h3-6,9-10,13,17H,7-8,11-12,14-16H2,1-2H3,(H2,27,28,33)/t17-/m1/s1. The van der Waals surface area contributed by atoms with Crippen molar-refractivity contribution in [3.63, 3.8) is 0 Å². The van der Waals surface area contributed by atoms with Gasteiger partial charge >= 0.3 is 12.1 Å². The minimum absolute atomic E-state index is 0.0227. The van der Waals surface area contributed by atoms with Crippen molar-refractivity contribution in [2.75, 3.05) is 25.5 Å². The number of urea groups is 1. The molecule has 0 fully saturated rings. The van der Waals surface area contributed by atoms with Gasteiger partial charge in [-0.1, -0.05) is 30.3 Å². The molecule has 0 radical (unpaired) electrons. The Bertz CT molecular complexity index is 1150. The number of hydrogen-bond acceptors (Lipinski definition) is 5. The molecule has 0 aromatic heterocycles. The molecule has 0 saturated heterocycles. The number of carbonyl (C=O) groups excluding carboxylic acids is 4. The predicted molar refractivity (Wildman–Crippen MR) is 130 cm³/mol. The quantitative estimate of drug-likeness (QED) is 0.705. The Morgan fingerprint density at radius 2 is 1.80 bits per heavy atom. The second kappa shape index (κ2) is 10.6. The van der Waals surface area contributed by atoms with E-state index in [1.54, 1.807) is 23.1 Å². The van der Waals surface area contributed by atoms with Gasteiger partial charge in [-0.2, -0.15) is 0 Å². The summed E-state index contributed by atoms with van der Waals surface area (Å²) in [6, 6.07) is 12.9. The first-order valence-corrected chi connectivity index (χ1v) is 11.8. The number of aryl methyl sites for hydroxylation is 1. The van der Waals surface area contributed by atoms with E-state index in [-0.39, 0.29) is 37.6 Å². The summed E-state index contributed by atoms with van der Waals surface area (Å²) in [6.45, 7) is 2.12. The maximum absolute atomic E-state index is 13.3. The number of imide groups is 1. The number of amides is 5. The topological polar surface area (TPSA) is 108 Å². The van der Waals surface area contributed by atoms with Gasteiger partial charge in [0.2, 0.25) is 11.8 Å². The summed E-state index contributed by atoms with van der Waals surface area (Å²) < 4.78 is 5.34. The van der Waals surface area contributed by atoms with Gasteiger partial charge in [-0.25, -0.2) is 14.5 Å². The van der Waals surface area contributed by atoms with Crippen LogP contribution in [0, 0.1) is 0 Å². The minimum Gasteiger partial charge on any atom is -0.449 e. The molecule has 4 rings (SSSR count). The molecule has 2 aromatic carbocycles. The van der Waals surface area contributed by atoms with E-state index in [9.17, 15) is 19.2 Å². The Labute approximate surface area is 204 Å². The number of nitrogens with one attached hydrogen (secondary N) is 2. The predicted octanol–water partition coefficient (Wildman–Crippen LogP) is 2.87. The normalized spacial score (nSPS) is 18.2. The van der Waals surface area contributed by atoms with Crippen LogP contribution in [0.2, 0.25) is 0 Å². The Kier molecular flexibility index (Phi) is 7.33. The lowest BCUT2D eigenvalue weighted by atomic mass is 10.0. The molecule has 9 nitrogen and oxygen atoms in total. The number of hydrogen-bond donors (Lipinski definition) is 2. The Balaban J connectivity index is 1.51. The molecule has 2 N–H and O–H groups in total. The van der Waals surface area contributed by atoms with E-state index in [2.05, 4.69) is 16.7 Å². The first kappa shape index (κ1) is 24.3. The molecule has 2 heterocycles. The van der Waals surface area contributed by atoms with Crippen LogP contribution in [0.25, 0.3) is 0 Å². The van der Waals surface area contributed by atoms with Crippen LogP contribution in [0.15, 0.2) is 42.5 Å². The van der Waals surface area contributed by atoms with Crippen molar-refractivity contribution >= 4 is 29.6 Å². The molecule has 2 aromatic rings. The van der Waals surface area contributed by atoms with Crippen molar-refractivity contribution in [3.8, 4) is 0 Å². The van der Waals surface area contributed by atoms with E-state index < -0.39 is 12.0 Å². The molecule has 0 aliphatic carbocycles. The molecule has 5 amide bonds. The second-order valence-electron chi connectivity index (χ2n) is 8.89. The highest BCUT2D eigenvalue weighted by molar-refractivity contribution is 5.97. The summed E-state index contributed by atoms with van der Waals surface area (Å²) >= 11 is 0. The van der Waals surface area contributed by atoms with Crippen LogP contribution < -0.4 is 10.6 Å². The maximum atomic E-state index is 13.3. The average Bonchev–Trinajstić information content (AvgIpc) is 2.99. The first-order valence-electron chi connectivity index (χ1n) is 11.8. The monoisotopic (exact) mass is 478 g/mol. The molecule has 0 spiro atoms. The summed E-state index contributed by atoms with van der Waals surface area (Å²) in [4.78, 5) is 53.5. The Morgan fingerprint density at radius 3 is 2.57 bits per heavy atom. The molecule has 1 atom stereocenters. The molecule has 35 heavy (non-hydrogen) atoms. The van der Waals surface area contributed by atoms with Crippen molar-refractivity contribution in [3.05, 3.63) is 64.7 Å². The lowest BCUT2D eigenvalue weighted by Gasteiger charge is -2.29. The lowest BCUT2D eigenvalue weighted by Crippen LogP contribution is -2.48. The van der Waals surface area contributed by atoms with Gasteiger partial charge in [-0.3, -0.25) is 9.59 Å². The third-order valence-corrected chi connectivity index (χ3v) is 6.59. The molecular formula is C26H30N4O5. The summed E-state index contributed by atoms with van der Waals surface area (Å²) in [5, 5.41) is 5.18. The Hall–Kier alpha value is -3.88. The van der Waals surface area contributed by atoms with Gasteiger partial charge in [-0.15, -0.1) is 0 Å². The van der Waals surface area contributed by atoms with Crippen LogP contribution in [0.5, 0.6) is 0 Å². The van der Waals surface area contributed by atoms with Crippen molar-refractivity contribution in [1.82, 2.24) is 15.1 Å². The van der Waals surface area contributed by atoms with E-state index in [1.165, 1.54) is 12.6 Å². The number of rotatable bonds is 3. The molecular weight excluding hydrogens is 448 g/mol. The maximum Gasteiger partial charge on any atom is 0.417 e. The average molecular weight is 479 g/mol. The number of benzene rings is 2. The largest absolute Gasteiger partial charge is 0.449 e. The number of nitrogens with zero attached hydrogens (tertiary/aromatic N) is 2. The van der Waals surface area contributed by atoms with Gasteiger partial charge in [0.25, 0.3) is 0 Å². The zero-order chi connectivity index (χ0) is 24.9. The van der Waals surface area contributed by atoms with Gasteiger partial charge < -0.3 is 20.3 Å². The molecule has 0 unspecified atom stereocenters. The van der Waals surface area contributed by atoms with Gasteiger partial charge in [-0.05, 0) is 54.2 Å². The van der Waals surface area contributed by atoms with Crippen molar-refractivity contribution in [2.24, 2.45) is 0 Å². The fourth-order valence-corrected chi connectivity index (χ4v) is 4.52. The summed E-state index contributed by atoms with van der Waals surface area (Å²) in [5.74, 6) is -0.787. The lowest BCUT2D eigenvalue weighted by molar-refractivity contribution is -0.140. The fourth-order valence-electron chi connectivity index (χ4n) is 4.52. The highest BCUT2D eigenvalue weighted by Gasteiger charge is 2.32. The van der Waals surface area contributed by atoms with Crippen LogP contribution in [0.4, 0.5) is 15.3 Å². The van der Waals surface area contributed by atoms with E-state index in [1.807, 2.05) is 25.1 Å². The number of cyclic esters (lactones) is 1. The number of carbonyl (C=O) groups is 4. The number of ether oxygens (including phenoxy) is 1. The van der Waals surface area contributed by atoms with Crippen molar-refractivity contribution in [2.45, 2.75) is 45.2 Å². The highest BCUT2D eigenvalue weighted by Crippen LogP contribution is 2.24. The molecule has 0 saturated carbocycles. The van der Waals surface area contributed by atoms with Gasteiger partial charge in [0.05, 0.1) is 13.0 Å². The zero-order valence-electron chi connectivity index (χ0n) is 20.0. The fraction of sp³-hybridized carbons (Fsp3) is 0.385. The number of fused-ring (bicyclic) bond motifs is 2. The highest BCUT2D eigenvalue weighted by atomic mass is 16.6. The minimum atomic E-state index is -0.817. The smallest absolute Gasteiger partial charge is 0.417 e. The first-order chi connectivity index (χ1) is 16.9. The third-order valence-electron chi connectivity index (χ3n) is 6.59. The van der Waals surface area contributed by atoms with E-state index in [0.717, 1.165) is 34.4 Å². The Morgan fingerprint density at radius 1 is 1.03 bits per heavy atom. The van der Waals surface area contributed by atoms with E-state index >= 15 is 0 Å². The summed E-state index contributed by atoms with van der Waals surface area (Å²) in [6.07, 6.45) is 1.21. The van der Waals surface area contributed by atoms with Gasteiger partial charge in [0.15, 0.2) is 0 Å². The summed E-state index contributed by atoms with van der Waals surface area (Å²) in [7, 11) is 1.52. The van der Waals surface area contributed by atoms with Crippen LogP contribution in [-0.2, 0) is 40.1 Å². The van der Waals surface area contributed by atoms with Gasteiger partial charge in [0.1, 0.15) is 6.54 Å². The van der Waals surface area contributed by atoms with E-state index in [4.69, 9.17) is 4.74 Å². The molecule has 2 aliphatic rings. The number of anilines is 1. The SMILES string of the molecule is CNC(=O)Nc1ccc2c(c1)CCOC(=O)N(CC(=O)N1Cc3ccccc3CC[C@H]1C)C(=O)C2. The van der Waals surface area contributed by atoms with E-state index in [0.29, 0.717) is 18.7 Å². The zero-order valence-corrected chi connectivity index (χ0v) is 20.0. The third kappa shape index (κ3) is 5.62. The van der Waals surface area contributed by atoms with Crippen LogP contribution in [0.3, 0.4) is 0 Å². The van der Waals surface area contributed by atoms with Crippen molar-refractivity contribution in [1.29, 1.82) is 0 Å². The second-order valence-corrected chi connectivity index (χ2v) is 8.89. The van der Waals surface area contributed by atoms with Crippen LogP contribution in [-0.4, -0.2) is 60.0 Å². The van der Waals surface area contributed by atoms with Crippen LogP contribution in [0.1, 0.15) is 35.6 Å². The molecule has 0 bridgehead atoms. The van der Waals surface area contributed by atoms with Crippen molar-refractivity contribution < 1.29 is 23.9 Å². The summed E-state index contributed by atoms with van der Waals surface area (Å²) in [5.41, 5.74) is 4.40.